The van der Waals surface area contributed by atoms with E-state index in [-0.39, 0.29) is 22.3 Å². The van der Waals surface area contributed by atoms with Gasteiger partial charge in [-0.1, -0.05) is 194 Å². The molecule has 0 heterocycles. The Morgan fingerprint density at radius 3 is 0.504 bits per heavy atom. The van der Waals surface area contributed by atoms with Gasteiger partial charge in [0.05, 0.1) is 22.3 Å². The Kier molecular flexibility index (Phi) is 22.6. The second kappa shape index (κ2) is 31.9. The van der Waals surface area contributed by atoms with Crippen LogP contribution in [0.4, 0.5) is 0 Å². The van der Waals surface area contributed by atoms with E-state index < -0.39 is 101 Å². The lowest BCUT2D eigenvalue weighted by Crippen LogP contribution is -2.64. The maximum Gasteiger partial charge on any atom is 0.339 e. The topological polar surface area (TPSA) is 291 Å². The summed E-state index contributed by atoms with van der Waals surface area (Å²) in [6.45, 7) is 20.7. The molecule has 4 unspecified atom stereocenters. The molecular weight excluding hydrogens is 1440 g/mol. The molecule has 0 spiro atoms. The normalized spacial score (nSPS) is 14.1. The van der Waals surface area contributed by atoms with Crippen LogP contribution in [0.15, 0.2) is 218 Å². The fraction of sp³-hybridized carbons (Fsp3) is 0.226. The minimum Gasteiger partial charge on any atom is -0.456 e. The van der Waals surface area contributed by atoms with Crippen LogP contribution in [0.25, 0.3) is 110 Å². The van der Waals surface area contributed by atoms with Crippen molar-refractivity contribution in [2.24, 2.45) is 5.41 Å². The largest absolute Gasteiger partial charge is 0.456 e. The van der Waals surface area contributed by atoms with Crippen molar-refractivity contribution in [2.45, 2.75) is 131 Å². The lowest BCUT2D eigenvalue weighted by Gasteiger charge is -2.43. The molecule has 0 radical (unpaired) electrons. The lowest BCUT2D eigenvalue weighted by atomic mass is 9.83. The monoisotopic (exact) mass is 1520 g/mol. The molecule has 0 aliphatic rings. The minimum atomic E-state index is -3.84. The molecule has 0 saturated heterocycles. The van der Waals surface area contributed by atoms with E-state index in [9.17, 15) is 58.8 Å². The van der Waals surface area contributed by atoms with Gasteiger partial charge in [-0.25, -0.2) is 38.4 Å². The highest BCUT2D eigenvalue weighted by atomic mass is 16.7. The summed E-state index contributed by atoms with van der Waals surface area (Å²) in [5.74, 6) is -8.56. The highest BCUT2D eigenvalue weighted by Gasteiger charge is 2.64. The first kappa shape index (κ1) is 79.8. The number of hydrogen-bond donors (Lipinski definition) is 4. The quantitative estimate of drug-likeness (QED) is 0.0181. The van der Waals surface area contributed by atoms with Gasteiger partial charge in [-0.15, -0.1) is 0 Å². The minimum absolute atomic E-state index is 0.217. The number of aliphatic hydroxyl groups is 4. The number of esters is 8. The molecule has 0 aliphatic carbocycles. The van der Waals surface area contributed by atoms with Crippen LogP contribution in [0.3, 0.4) is 0 Å². The number of benzene rings is 12. The van der Waals surface area contributed by atoms with E-state index in [1.54, 1.807) is 277 Å². The molecule has 4 atom stereocenters. The van der Waals surface area contributed by atoms with Crippen LogP contribution in [0.1, 0.15) is 147 Å². The summed E-state index contributed by atoms with van der Waals surface area (Å²) < 4.78 is 46.2. The predicted octanol–water partition coefficient (Wildman–Crippen LogP) is 17.3. The third kappa shape index (κ3) is 17.0. The third-order valence-corrected chi connectivity index (χ3v) is 18.5. The summed E-state index contributed by atoms with van der Waals surface area (Å²) in [4.78, 5) is 116. The highest BCUT2D eigenvalue weighted by Crippen LogP contribution is 2.43. The van der Waals surface area contributed by atoms with Gasteiger partial charge < -0.3 is 58.3 Å². The lowest BCUT2D eigenvalue weighted by molar-refractivity contribution is -0.368. The number of carbonyl (C=O) groups is 8. The summed E-state index contributed by atoms with van der Waals surface area (Å²) in [6, 6.07) is 54.3. The van der Waals surface area contributed by atoms with Crippen molar-refractivity contribution in [2.75, 3.05) is 0 Å². The zero-order valence-electron chi connectivity index (χ0n) is 64.2. The number of rotatable bonds is 20. The van der Waals surface area contributed by atoms with E-state index in [1.165, 1.54) is 24.3 Å². The van der Waals surface area contributed by atoms with Crippen LogP contribution in [0, 0.1) is 5.41 Å². The maximum atomic E-state index is 14.8. The second-order valence-electron chi connectivity index (χ2n) is 31.0. The summed E-state index contributed by atoms with van der Waals surface area (Å²) >= 11 is 0. The Hall–Kier alpha value is -12.7. The van der Waals surface area contributed by atoms with Gasteiger partial charge in [0, 0.05) is 24.3 Å². The molecule has 0 bridgehead atoms. The van der Waals surface area contributed by atoms with Gasteiger partial charge in [0.25, 0.3) is 0 Å². The number of hydrogen-bond acceptors (Lipinski definition) is 20. The first-order valence-electron chi connectivity index (χ1n) is 36.5. The average Bonchev–Trinajstić information content (AvgIpc) is 0.657. The van der Waals surface area contributed by atoms with Gasteiger partial charge in [-0.05, 0) is 216 Å². The van der Waals surface area contributed by atoms with Crippen LogP contribution in [0.2, 0.25) is 0 Å². The molecule has 20 nitrogen and oxygen atoms in total. The van der Waals surface area contributed by atoms with E-state index >= 15 is 0 Å². The Morgan fingerprint density at radius 1 is 0.239 bits per heavy atom. The Balaban J connectivity index is 0.993. The van der Waals surface area contributed by atoms with E-state index in [2.05, 4.69) is 0 Å². The molecule has 12 aromatic rings. The Labute approximate surface area is 650 Å². The van der Waals surface area contributed by atoms with Crippen LogP contribution in [-0.2, 0) is 57.1 Å². The van der Waals surface area contributed by atoms with Gasteiger partial charge >= 0.3 is 47.8 Å². The highest BCUT2D eigenvalue weighted by molar-refractivity contribution is 6.24. The van der Waals surface area contributed by atoms with Crippen molar-refractivity contribution in [3.8, 4) is 0 Å². The Morgan fingerprint density at radius 2 is 0.372 bits per heavy atom. The number of aliphatic hydroxyl groups excluding tert-OH is 4. The molecule has 0 aliphatic heterocycles. The molecule has 0 aromatic heterocycles. The van der Waals surface area contributed by atoms with Crippen LogP contribution in [0.5, 0.6) is 0 Å². The second-order valence-corrected chi connectivity index (χ2v) is 31.0. The van der Waals surface area contributed by atoms with Crippen molar-refractivity contribution in [3.63, 3.8) is 0 Å². The molecule has 0 fully saturated rings. The van der Waals surface area contributed by atoms with Crippen molar-refractivity contribution in [1.29, 1.82) is 0 Å². The summed E-state index contributed by atoms with van der Waals surface area (Å²) in [5.41, 5.74) is -5.23. The number of fused-ring (bicyclic) bond motifs is 8. The molecule has 0 saturated carbocycles. The zero-order chi connectivity index (χ0) is 81.2. The smallest absolute Gasteiger partial charge is 0.339 e. The predicted molar refractivity (Wildman–Crippen MR) is 433 cm³/mol. The number of carbonyl (C=O) groups excluding carboxylic acids is 8. The van der Waals surface area contributed by atoms with Gasteiger partial charge in [0.1, 0.15) is 22.4 Å². The molecule has 576 valence electrons. The van der Waals surface area contributed by atoms with Gasteiger partial charge in [0.15, 0.2) is 0 Å². The maximum absolute atomic E-state index is 14.8. The van der Waals surface area contributed by atoms with Gasteiger partial charge in [-0.3, -0.25) is 0 Å². The fourth-order valence-electron chi connectivity index (χ4n) is 13.9. The summed E-state index contributed by atoms with van der Waals surface area (Å²) in [7, 11) is 0. The van der Waals surface area contributed by atoms with Gasteiger partial charge in [0.2, 0.25) is 30.6 Å². The van der Waals surface area contributed by atoms with Crippen LogP contribution < -0.4 is 0 Å². The first-order chi connectivity index (χ1) is 53.5. The first-order valence-corrected chi connectivity index (χ1v) is 36.5. The summed E-state index contributed by atoms with van der Waals surface area (Å²) in [6.07, 6.45) is -4.58. The SMILES string of the molecule is CC(C)(C)OC(=O)c1c2ccccc2c(/C=C/C(=O)OC(O)C(C(O)OC(=O)/C=C/c2c3ccccc3c(C(=O)OC(C)(C)C)c3ccccc23)(C(O)OC(=O)/C=C/c2c3ccccc3c(C(=O)OC(C)(C)C)c3ccccc23)C(O)OC(=O)/C=C/c2c3ccccc3c(C(=O)OC(C)(C)C)c3ccccc23)c2ccccc12. The van der Waals surface area contributed by atoms with Crippen molar-refractivity contribution in [1.82, 2.24) is 0 Å². The van der Waals surface area contributed by atoms with Crippen molar-refractivity contribution >= 4 is 158 Å². The zero-order valence-corrected chi connectivity index (χ0v) is 64.2. The Bertz CT molecular complexity index is 5010. The molecule has 4 N–H and O–H groups in total. The molecule has 12 rings (SSSR count). The molecule has 12 aromatic carbocycles. The third-order valence-electron chi connectivity index (χ3n) is 18.5. The molecule has 20 heteroatoms. The van der Waals surface area contributed by atoms with E-state index in [4.69, 9.17) is 37.9 Å². The fourth-order valence-corrected chi connectivity index (χ4v) is 13.9. The molecule has 113 heavy (non-hydrogen) atoms. The van der Waals surface area contributed by atoms with E-state index in [1.807, 2.05) is 0 Å². The van der Waals surface area contributed by atoms with Crippen molar-refractivity contribution < 1.29 is 96.7 Å². The van der Waals surface area contributed by atoms with Gasteiger partial charge in [-0.2, -0.15) is 0 Å². The van der Waals surface area contributed by atoms with E-state index in [0.717, 1.165) is 24.3 Å². The number of ether oxygens (including phenoxy) is 8. The summed E-state index contributed by atoms with van der Waals surface area (Å²) in [5, 5.41) is 58.5. The van der Waals surface area contributed by atoms with Crippen LogP contribution >= 0.6 is 0 Å². The molecular formula is C93H84O20. The molecule has 0 amide bonds. The standard InChI is InChI=1S/C93H84O20/c1-89(2,3)110-81(98)77-65-37-21-13-29-53(65)61(54-30-14-22-38-66(54)77)45-49-73(94)106-85(102)93(86(103)107-74(95)50-46-62-55-31-15-23-39-67(55)78(82(99)111-90(4,5)6)68-40-24-16-32-56(62)68,87(104)108-75(96)51-47-63-57-33-17-25-41-69(57)79(83(100)112-91(7,8)9)70-42-26-18-34-58(63)70)88(105)109-76(97)52-48-64-59-35-19-27-43-71(59)80(84(101)113-92(10,11)12)72-44-28-20-36-60(64)72/h13-52,85-88,102-105H,1-12H3/b49-45+,50-46+,51-47+,52-48+. The van der Waals surface area contributed by atoms with E-state index in [0.29, 0.717) is 108 Å². The average molecular weight is 1520 g/mol. The van der Waals surface area contributed by atoms with Crippen LogP contribution in [-0.4, -0.2) is 116 Å². The van der Waals surface area contributed by atoms with Crippen molar-refractivity contribution in [3.05, 3.63) is 263 Å².